The molecule has 36 heavy (non-hydrogen) atoms. The van der Waals surface area contributed by atoms with Crippen LogP contribution in [-0.2, 0) is 16.1 Å². The maximum Gasteiger partial charge on any atom is 0.302 e. The van der Waals surface area contributed by atoms with Gasteiger partial charge in [-0.3, -0.25) is 14.6 Å². The van der Waals surface area contributed by atoms with Crippen molar-refractivity contribution in [1.82, 2.24) is 4.98 Å². The van der Waals surface area contributed by atoms with E-state index < -0.39 is 11.9 Å². The number of para-hydroxylation sites is 1. The van der Waals surface area contributed by atoms with E-state index in [1.54, 1.807) is 61.7 Å². The van der Waals surface area contributed by atoms with E-state index in [0.717, 1.165) is 0 Å². The number of ether oxygens (including phenoxy) is 2. The SMILES string of the molecule is COc1ccc(Cl)cc1N=c1oc2c(C)ncc(COC(C)=O)c2cc1C(=O)Nc1ccccc1Cl. The Hall–Kier alpha value is -3.88. The van der Waals surface area contributed by atoms with Crippen molar-refractivity contribution in [3.05, 3.63) is 87.1 Å². The molecule has 4 aromatic rings. The van der Waals surface area contributed by atoms with E-state index in [4.69, 9.17) is 37.1 Å². The van der Waals surface area contributed by atoms with Crippen molar-refractivity contribution in [1.29, 1.82) is 0 Å². The van der Waals surface area contributed by atoms with Gasteiger partial charge in [-0.05, 0) is 43.3 Å². The molecule has 0 bridgehead atoms. The Bertz CT molecular complexity index is 1550. The van der Waals surface area contributed by atoms with Gasteiger partial charge >= 0.3 is 5.97 Å². The smallest absolute Gasteiger partial charge is 0.302 e. The molecule has 184 valence electrons. The molecule has 0 fully saturated rings. The normalized spacial score (nSPS) is 11.4. The first kappa shape index (κ1) is 25.2. The first-order valence-electron chi connectivity index (χ1n) is 10.8. The van der Waals surface area contributed by atoms with E-state index in [0.29, 0.717) is 49.4 Å². The van der Waals surface area contributed by atoms with Crippen LogP contribution in [0.3, 0.4) is 0 Å². The molecule has 0 radical (unpaired) electrons. The van der Waals surface area contributed by atoms with Crippen molar-refractivity contribution in [2.45, 2.75) is 20.5 Å². The standard InChI is InChI=1S/C26H21Cl2N3O5/c1-14-24-18(16(12-29-14)13-35-15(2)32)11-19(25(33)30-21-7-5-4-6-20(21)28)26(36-24)31-22-10-17(27)8-9-23(22)34-3/h4-12H,13H2,1-3H3,(H,30,33). The monoisotopic (exact) mass is 525 g/mol. The Labute approximate surface area is 216 Å². The number of rotatable bonds is 6. The highest BCUT2D eigenvalue weighted by molar-refractivity contribution is 6.34. The second-order valence-corrected chi connectivity index (χ2v) is 8.56. The maximum atomic E-state index is 13.5. The number of hydrogen-bond donors (Lipinski definition) is 1. The minimum Gasteiger partial charge on any atom is -0.494 e. The number of carbonyl (C=O) groups excluding carboxylic acids is 2. The van der Waals surface area contributed by atoms with Gasteiger partial charge in [-0.2, -0.15) is 0 Å². The predicted octanol–water partition coefficient (Wildman–Crippen LogP) is 6.00. The first-order chi connectivity index (χ1) is 17.3. The number of anilines is 1. The van der Waals surface area contributed by atoms with Crippen molar-refractivity contribution >= 4 is 57.4 Å². The van der Waals surface area contributed by atoms with Crippen LogP contribution < -0.4 is 15.6 Å². The number of carbonyl (C=O) groups is 2. The molecule has 0 aliphatic carbocycles. The summed E-state index contributed by atoms with van der Waals surface area (Å²) >= 11 is 12.4. The third-order valence-corrected chi connectivity index (χ3v) is 5.78. The zero-order valence-electron chi connectivity index (χ0n) is 19.6. The van der Waals surface area contributed by atoms with Crippen LogP contribution >= 0.6 is 23.2 Å². The van der Waals surface area contributed by atoms with Gasteiger partial charge in [0, 0.05) is 29.1 Å². The number of fused-ring (bicyclic) bond motifs is 1. The van der Waals surface area contributed by atoms with Crippen molar-refractivity contribution in [2.24, 2.45) is 4.99 Å². The van der Waals surface area contributed by atoms with Crippen LogP contribution in [0.15, 0.2) is 64.1 Å². The fraction of sp³-hybridized carbons (Fsp3) is 0.154. The summed E-state index contributed by atoms with van der Waals surface area (Å²) < 4.78 is 16.7. The zero-order chi connectivity index (χ0) is 25.8. The molecule has 4 rings (SSSR count). The number of hydrogen-bond acceptors (Lipinski definition) is 7. The lowest BCUT2D eigenvalue weighted by molar-refractivity contribution is -0.142. The Balaban J connectivity index is 1.96. The van der Waals surface area contributed by atoms with Gasteiger partial charge in [0.15, 0.2) is 5.58 Å². The molecule has 8 nitrogen and oxygen atoms in total. The van der Waals surface area contributed by atoms with E-state index in [9.17, 15) is 9.59 Å². The van der Waals surface area contributed by atoms with Crippen LogP contribution in [0.4, 0.5) is 11.4 Å². The lowest BCUT2D eigenvalue weighted by Gasteiger charge is -2.12. The summed E-state index contributed by atoms with van der Waals surface area (Å²) in [6.45, 7) is 3.03. The number of nitrogens with one attached hydrogen (secondary N) is 1. The maximum absolute atomic E-state index is 13.5. The highest BCUT2D eigenvalue weighted by Crippen LogP contribution is 2.30. The summed E-state index contributed by atoms with van der Waals surface area (Å²) in [7, 11) is 1.50. The summed E-state index contributed by atoms with van der Waals surface area (Å²) in [6, 6.07) is 13.4. The lowest BCUT2D eigenvalue weighted by atomic mass is 10.1. The van der Waals surface area contributed by atoms with Crippen molar-refractivity contribution in [3.8, 4) is 5.75 Å². The summed E-state index contributed by atoms with van der Waals surface area (Å²) in [4.78, 5) is 33.8. The van der Waals surface area contributed by atoms with E-state index in [1.165, 1.54) is 14.0 Å². The Morgan fingerprint density at radius 1 is 1.14 bits per heavy atom. The summed E-state index contributed by atoms with van der Waals surface area (Å²) in [5.74, 6) is -0.524. The van der Waals surface area contributed by atoms with Crippen LogP contribution in [0.2, 0.25) is 10.0 Å². The number of esters is 1. The number of aromatic nitrogens is 1. The Kier molecular flexibility index (Phi) is 7.57. The Morgan fingerprint density at radius 2 is 1.92 bits per heavy atom. The fourth-order valence-corrected chi connectivity index (χ4v) is 3.79. The molecule has 0 saturated carbocycles. The number of methoxy groups -OCH3 is 1. The second-order valence-electron chi connectivity index (χ2n) is 7.72. The summed E-state index contributed by atoms with van der Waals surface area (Å²) in [5, 5.41) is 4.14. The molecule has 0 aliphatic heterocycles. The third-order valence-electron chi connectivity index (χ3n) is 5.21. The van der Waals surface area contributed by atoms with Gasteiger partial charge < -0.3 is 19.2 Å². The molecule has 0 saturated heterocycles. The van der Waals surface area contributed by atoms with Gasteiger partial charge in [-0.25, -0.2) is 4.99 Å². The molecular weight excluding hydrogens is 505 g/mol. The van der Waals surface area contributed by atoms with Gasteiger partial charge in [0.05, 0.1) is 23.5 Å². The van der Waals surface area contributed by atoms with Crippen LogP contribution in [0.1, 0.15) is 28.5 Å². The minimum absolute atomic E-state index is 0.00200. The topological polar surface area (TPSA) is 103 Å². The van der Waals surface area contributed by atoms with E-state index in [1.807, 2.05) is 0 Å². The lowest BCUT2D eigenvalue weighted by Crippen LogP contribution is -2.22. The largest absolute Gasteiger partial charge is 0.494 e. The van der Waals surface area contributed by atoms with Gasteiger partial charge in [0.1, 0.15) is 23.6 Å². The second kappa shape index (κ2) is 10.8. The van der Waals surface area contributed by atoms with Crippen molar-refractivity contribution in [2.75, 3.05) is 12.4 Å². The van der Waals surface area contributed by atoms with Crippen molar-refractivity contribution < 1.29 is 23.5 Å². The molecule has 2 heterocycles. The number of amides is 1. The number of nitrogens with zero attached hydrogens (tertiary/aromatic N) is 2. The molecule has 1 amide bonds. The highest BCUT2D eigenvalue weighted by atomic mass is 35.5. The van der Waals surface area contributed by atoms with E-state index in [2.05, 4.69) is 15.3 Å². The highest BCUT2D eigenvalue weighted by Gasteiger charge is 2.18. The predicted molar refractivity (Wildman–Crippen MR) is 137 cm³/mol. The molecule has 0 atom stereocenters. The number of halogens is 2. The molecular formula is C26H21Cl2N3O5. The van der Waals surface area contributed by atoms with Crippen LogP contribution in [-0.4, -0.2) is 24.0 Å². The molecule has 0 spiro atoms. The van der Waals surface area contributed by atoms with Gasteiger partial charge in [0.25, 0.3) is 5.91 Å². The zero-order valence-corrected chi connectivity index (χ0v) is 21.1. The molecule has 0 unspecified atom stereocenters. The van der Waals surface area contributed by atoms with Gasteiger partial charge in [-0.15, -0.1) is 0 Å². The minimum atomic E-state index is -0.513. The number of aryl methyl sites for hydroxylation is 1. The first-order valence-corrected chi connectivity index (χ1v) is 11.5. The van der Waals surface area contributed by atoms with Crippen LogP contribution in [0.25, 0.3) is 11.0 Å². The van der Waals surface area contributed by atoms with Crippen molar-refractivity contribution in [3.63, 3.8) is 0 Å². The fourth-order valence-electron chi connectivity index (χ4n) is 3.44. The molecule has 0 aliphatic rings. The Morgan fingerprint density at radius 3 is 2.64 bits per heavy atom. The molecule has 1 N–H and O–H groups in total. The molecule has 2 aromatic carbocycles. The molecule has 10 heteroatoms. The van der Waals surface area contributed by atoms with Crippen LogP contribution in [0.5, 0.6) is 5.75 Å². The van der Waals surface area contributed by atoms with Crippen LogP contribution in [0, 0.1) is 6.92 Å². The third kappa shape index (κ3) is 5.50. The summed E-state index contributed by atoms with van der Waals surface area (Å²) in [5.41, 5.74) is 2.40. The summed E-state index contributed by atoms with van der Waals surface area (Å²) in [6.07, 6.45) is 1.57. The average Bonchev–Trinajstić information content (AvgIpc) is 2.85. The molecule has 2 aromatic heterocycles. The average molecular weight is 526 g/mol. The van der Waals surface area contributed by atoms with E-state index >= 15 is 0 Å². The quantitative estimate of drug-likeness (QED) is 0.309. The number of pyridine rings is 1. The van der Waals surface area contributed by atoms with Gasteiger partial charge in [-0.1, -0.05) is 35.3 Å². The number of benzene rings is 2. The van der Waals surface area contributed by atoms with Gasteiger partial charge in [0.2, 0.25) is 5.55 Å². The van der Waals surface area contributed by atoms with E-state index in [-0.39, 0.29) is 17.7 Å².